The van der Waals surface area contributed by atoms with Gasteiger partial charge in [-0.25, -0.2) is 0 Å². The Morgan fingerprint density at radius 3 is 1.81 bits per heavy atom. The highest BCUT2D eigenvalue weighted by molar-refractivity contribution is 6.08. The second-order valence-corrected chi connectivity index (χ2v) is 9.92. The molecule has 0 saturated heterocycles. The van der Waals surface area contributed by atoms with E-state index >= 15 is 0 Å². The molecule has 0 aliphatic carbocycles. The van der Waals surface area contributed by atoms with Gasteiger partial charge in [0, 0.05) is 23.9 Å². The standard InChI is InChI=1S/C35H26N4O4/c40-32-22-11-10-21-31(32)36-34(41)30-24-38(37-33(30)25-13-12-20-29(23-25)39(42)43)35(26-14-4-1-5-15-26,27-16-6-2-7-17-27)28-18-8-3-9-19-28/h1-24,40H,(H,36,41). The minimum Gasteiger partial charge on any atom is -0.506 e. The number of nitro groups is 1. The van der Waals surface area contributed by atoms with Crippen LogP contribution < -0.4 is 5.32 Å². The fourth-order valence-electron chi connectivity index (χ4n) is 5.40. The highest BCUT2D eigenvalue weighted by Crippen LogP contribution is 2.42. The second-order valence-electron chi connectivity index (χ2n) is 9.92. The van der Waals surface area contributed by atoms with Gasteiger partial charge in [-0.3, -0.25) is 19.6 Å². The first-order valence-corrected chi connectivity index (χ1v) is 13.6. The van der Waals surface area contributed by atoms with Crippen molar-refractivity contribution in [2.75, 3.05) is 5.32 Å². The van der Waals surface area contributed by atoms with Crippen LogP contribution in [0.2, 0.25) is 0 Å². The fourth-order valence-corrected chi connectivity index (χ4v) is 5.40. The van der Waals surface area contributed by atoms with Crippen LogP contribution in [0.15, 0.2) is 146 Å². The van der Waals surface area contributed by atoms with E-state index in [4.69, 9.17) is 5.10 Å². The number of phenols is 1. The number of carbonyl (C=O) groups excluding carboxylic acids is 1. The Bertz CT molecular complexity index is 1810. The Morgan fingerprint density at radius 2 is 1.28 bits per heavy atom. The molecule has 8 nitrogen and oxygen atoms in total. The summed E-state index contributed by atoms with van der Waals surface area (Å²) >= 11 is 0. The number of hydrogen-bond acceptors (Lipinski definition) is 5. The predicted octanol–water partition coefficient (Wildman–Crippen LogP) is 7.26. The minimum atomic E-state index is -1.02. The average Bonchev–Trinajstić information content (AvgIpc) is 3.50. The molecule has 0 saturated carbocycles. The molecule has 6 rings (SSSR count). The average molecular weight is 567 g/mol. The highest BCUT2D eigenvalue weighted by atomic mass is 16.6. The molecule has 6 aromatic rings. The monoisotopic (exact) mass is 566 g/mol. The maximum Gasteiger partial charge on any atom is 0.270 e. The molecule has 1 amide bonds. The Labute approximate surface area is 247 Å². The van der Waals surface area contributed by atoms with Crippen LogP contribution in [0.5, 0.6) is 5.75 Å². The van der Waals surface area contributed by atoms with Gasteiger partial charge in [0.25, 0.3) is 11.6 Å². The first-order valence-electron chi connectivity index (χ1n) is 13.6. The highest BCUT2D eigenvalue weighted by Gasteiger charge is 2.40. The summed E-state index contributed by atoms with van der Waals surface area (Å²) in [4.78, 5) is 25.1. The van der Waals surface area contributed by atoms with Gasteiger partial charge in [0.2, 0.25) is 0 Å². The number of rotatable bonds is 8. The van der Waals surface area contributed by atoms with Gasteiger partial charge in [-0.05, 0) is 28.8 Å². The number of non-ortho nitro benzene ring substituents is 1. The first kappa shape index (κ1) is 27.2. The molecule has 210 valence electrons. The smallest absolute Gasteiger partial charge is 0.270 e. The SMILES string of the molecule is O=C(Nc1ccccc1O)c1cn(C(c2ccccc2)(c2ccccc2)c2ccccc2)nc1-c1cccc([N+](=O)[O-])c1. The molecule has 43 heavy (non-hydrogen) atoms. The van der Waals surface area contributed by atoms with Crippen LogP contribution >= 0.6 is 0 Å². The van der Waals surface area contributed by atoms with E-state index in [2.05, 4.69) is 5.32 Å². The van der Waals surface area contributed by atoms with Crippen LogP contribution in [0.1, 0.15) is 27.0 Å². The van der Waals surface area contributed by atoms with Crippen LogP contribution in [0.4, 0.5) is 11.4 Å². The number of aromatic hydroxyl groups is 1. The zero-order valence-corrected chi connectivity index (χ0v) is 22.9. The van der Waals surface area contributed by atoms with E-state index in [0.717, 1.165) is 16.7 Å². The van der Waals surface area contributed by atoms with Crippen LogP contribution in [0, 0.1) is 10.1 Å². The van der Waals surface area contributed by atoms with Gasteiger partial charge >= 0.3 is 0 Å². The predicted molar refractivity (Wildman–Crippen MR) is 165 cm³/mol. The van der Waals surface area contributed by atoms with Gasteiger partial charge < -0.3 is 10.4 Å². The fraction of sp³-hybridized carbons (Fsp3) is 0.0286. The Balaban J connectivity index is 1.65. The third kappa shape index (κ3) is 5.02. The molecule has 5 aromatic carbocycles. The Kier molecular flexibility index (Phi) is 7.24. The van der Waals surface area contributed by atoms with E-state index < -0.39 is 16.4 Å². The maximum atomic E-state index is 13.9. The first-order chi connectivity index (χ1) is 21.0. The van der Waals surface area contributed by atoms with Gasteiger partial charge in [-0.15, -0.1) is 0 Å². The van der Waals surface area contributed by atoms with Crippen molar-refractivity contribution in [1.82, 2.24) is 9.78 Å². The molecular formula is C35H26N4O4. The lowest BCUT2D eigenvalue weighted by molar-refractivity contribution is -0.384. The van der Waals surface area contributed by atoms with E-state index in [1.54, 1.807) is 41.2 Å². The summed E-state index contributed by atoms with van der Waals surface area (Å²) < 4.78 is 1.75. The number of benzene rings is 5. The van der Waals surface area contributed by atoms with Crippen LogP contribution in [-0.2, 0) is 5.54 Å². The van der Waals surface area contributed by atoms with Gasteiger partial charge in [0.1, 0.15) is 17.0 Å². The molecule has 0 aliphatic rings. The third-order valence-electron chi connectivity index (χ3n) is 7.36. The van der Waals surface area contributed by atoms with Crippen LogP contribution in [0.3, 0.4) is 0 Å². The van der Waals surface area contributed by atoms with Crippen molar-refractivity contribution in [3.63, 3.8) is 0 Å². The van der Waals surface area contributed by atoms with Crippen LogP contribution in [-0.4, -0.2) is 25.7 Å². The molecule has 8 heteroatoms. The second kappa shape index (κ2) is 11.5. The van der Waals surface area contributed by atoms with Gasteiger partial charge in [-0.2, -0.15) is 5.10 Å². The summed E-state index contributed by atoms with van der Waals surface area (Å²) in [6.45, 7) is 0. The molecule has 0 atom stereocenters. The number of nitrogens with one attached hydrogen (secondary N) is 1. The largest absolute Gasteiger partial charge is 0.506 e. The lowest BCUT2D eigenvalue weighted by Crippen LogP contribution is -2.38. The lowest BCUT2D eigenvalue weighted by Gasteiger charge is -2.36. The van der Waals surface area contributed by atoms with E-state index in [1.807, 2.05) is 91.0 Å². The number of anilines is 1. The summed E-state index contributed by atoms with van der Waals surface area (Å²) in [5.41, 5.74) is 2.60. The summed E-state index contributed by atoms with van der Waals surface area (Å²) in [7, 11) is 0. The number of phenolic OH excluding ortho intramolecular Hbond substituents is 1. The quantitative estimate of drug-likeness (QED) is 0.0872. The lowest BCUT2D eigenvalue weighted by atomic mass is 9.77. The zero-order chi connectivity index (χ0) is 29.8. The molecule has 0 fully saturated rings. The van der Waals surface area contributed by atoms with Crippen molar-refractivity contribution in [3.8, 4) is 17.0 Å². The number of nitro benzene ring substituents is 1. The van der Waals surface area contributed by atoms with Crippen molar-refractivity contribution in [1.29, 1.82) is 0 Å². The number of hydrogen-bond donors (Lipinski definition) is 2. The summed E-state index contributed by atoms with van der Waals surface area (Å²) in [5.74, 6) is -0.621. The van der Waals surface area contributed by atoms with E-state index in [9.17, 15) is 20.0 Å². The molecule has 0 spiro atoms. The number of amides is 1. The molecule has 0 bridgehead atoms. The number of carbonyl (C=O) groups is 1. The topological polar surface area (TPSA) is 110 Å². The van der Waals surface area contributed by atoms with Gasteiger partial charge in [-0.1, -0.05) is 115 Å². The number of nitrogens with zero attached hydrogens (tertiary/aromatic N) is 3. The molecule has 1 heterocycles. The van der Waals surface area contributed by atoms with Crippen molar-refractivity contribution < 1.29 is 14.8 Å². The minimum absolute atomic E-state index is 0.0904. The van der Waals surface area contributed by atoms with Crippen LogP contribution in [0.25, 0.3) is 11.3 Å². The number of aromatic nitrogens is 2. The third-order valence-corrected chi connectivity index (χ3v) is 7.36. The van der Waals surface area contributed by atoms with E-state index in [0.29, 0.717) is 5.56 Å². The molecule has 0 unspecified atom stereocenters. The van der Waals surface area contributed by atoms with Crippen molar-refractivity contribution in [3.05, 3.63) is 178 Å². The number of para-hydroxylation sites is 2. The zero-order valence-electron chi connectivity index (χ0n) is 22.9. The Hall–Kier alpha value is -6.02. The van der Waals surface area contributed by atoms with Crippen molar-refractivity contribution in [2.24, 2.45) is 0 Å². The molecule has 0 radical (unpaired) electrons. The molecule has 1 aromatic heterocycles. The van der Waals surface area contributed by atoms with Crippen molar-refractivity contribution >= 4 is 17.3 Å². The normalized spacial score (nSPS) is 11.2. The van der Waals surface area contributed by atoms with E-state index in [1.165, 1.54) is 18.2 Å². The van der Waals surface area contributed by atoms with Gasteiger partial charge in [0.05, 0.1) is 16.2 Å². The van der Waals surface area contributed by atoms with E-state index in [-0.39, 0.29) is 28.4 Å². The summed E-state index contributed by atoms with van der Waals surface area (Å²) in [6, 6.07) is 42.1. The molecule has 2 N–H and O–H groups in total. The molecular weight excluding hydrogens is 540 g/mol. The summed E-state index contributed by atoms with van der Waals surface area (Å²) in [6.07, 6.45) is 1.66. The van der Waals surface area contributed by atoms with Crippen molar-refractivity contribution in [2.45, 2.75) is 5.54 Å². The van der Waals surface area contributed by atoms with Gasteiger partial charge in [0.15, 0.2) is 0 Å². The maximum absolute atomic E-state index is 13.9. The molecule has 0 aliphatic heterocycles. The Morgan fingerprint density at radius 1 is 0.744 bits per heavy atom. The summed E-state index contributed by atoms with van der Waals surface area (Å²) in [5, 5.41) is 29.9.